The number of aryl methyl sites for hydroxylation is 1. The SMILES string of the molecule is CCNc1cc(CC)nc2c(Cl)cccc12. The summed E-state index contributed by atoms with van der Waals surface area (Å²) in [6.45, 7) is 5.08. The maximum atomic E-state index is 6.17. The van der Waals surface area contributed by atoms with Gasteiger partial charge in [-0.05, 0) is 25.5 Å². The molecule has 16 heavy (non-hydrogen) atoms. The number of hydrogen-bond donors (Lipinski definition) is 1. The van der Waals surface area contributed by atoms with Gasteiger partial charge in [0, 0.05) is 23.3 Å². The highest BCUT2D eigenvalue weighted by Crippen LogP contribution is 2.28. The van der Waals surface area contributed by atoms with Crippen molar-refractivity contribution < 1.29 is 0 Å². The Kier molecular flexibility index (Phi) is 3.30. The fraction of sp³-hybridized carbons (Fsp3) is 0.308. The summed E-state index contributed by atoms with van der Waals surface area (Å²) < 4.78 is 0. The quantitative estimate of drug-likeness (QED) is 0.872. The molecule has 0 aliphatic carbocycles. The van der Waals surface area contributed by atoms with Gasteiger partial charge in [-0.15, -0.1) is 0 Å². The van der Waals surface area contributed by atoms with E-state index in [1.165, 1.54) is 0 Å². The number of anilines is 1. The minimum absolute atomic E-state index is 0.715. The van der Waals surface area contributed by atoms with Gasteiger partial charge in [-0.1, -0.05) is 30.7 Å². The molecule has 0 amide bonds. The lowest BCUT2D eigenvalue weighted by Gasteiger charge is -2.10. The molecular formula is C13H15ClN2. The summed E-state index contributed by atoms with van der Waals surface area (Å²) in [4.78, 5) is 4.56. The van der Waals surface area contributed by atoms with Crippen LogP contribution in [0.5, 0.6) is 0 Å². The summed E-state index contributed by atoms with van der Waals surface area (Å²) in [5.41, 5.74) is 3.07. The van der Waals surface area contributed by atoms with Gasteiger partial charge in [0.2, 0.25) is 0 Å². The van der Waals surface area contributed by atoms with E-state index < -0.39 is 0 Å². The molecule has 2 rings (SSSR count). The van der Waals surface area contributed by atoms with Crippen molar-refractivity contribution in [3.8, 4) is 0 Å². The number of fused-ring (bicyclic) bond motifs is 1. The van der Waals surface area contributed by atoms with E-state index in [4.69, 9.17) is 11.6 Å². The van der Waals surface area contributed by atoms with Crippen LogP contribution in [-0.2, 0) is 6.42 Å². The summed E-state index contributed by atoms with van der Waals surface area (Å²) >= 11 is 6.17. The molecule has 0 fully saturated rings. The van der Waals surface area contributed by atoms with Gasteiger partial charge in [-0.3, -0.25) is 4.98 Å². The summed E-state index contributed by atoms with van der Waals surface area (Å²) in [5, 5.41) is 5.16. The molecule has 1 heterocycles. The first-order valence-electron chi connectivity index (χ1n) is 5.58. The fourth-order valence-corrected chi connectivity index (χ4v) is 2.00. The molecule has 1 aromatic heterocycles. The Hall–Kier alpha value is -1.28. The molecule has 0 aliphatic rings. The van der Waals surface area contributed by atoms with Crippen LogP contribution in [0.1, 0.15) is 19.5 Å². The summed E-state index contributed by atoms with van der Waals surface area (Å²) in [7, 11) is 0. The van der Waals surface area contributed by atoms with Crippen molar-refractivity contribution in [2.24, 2.45) is 0 Å². The van der Waals surface area contributed by atoms with Crippen LogP contribution < -0.4 is 5.32 Å². The van der Waals surface area contributed by atoms with E-state index in [9.17, 15) is 0 Å². The Morgan fingerprint density at radius 1 is 1.31 bits per heavy atom. The van der Waals surface area contributed by atoms with Gasteiger partial charge in [0.15, 0.2) is 0 Å². The van der Waals surface area contributed by atoms with E-state index in [-0.39, 0.29) is 0 Å². The lowest BCUT2D eigenvalue weighted by Crippen LogP contribution is -2.00. The maximum absolute atomic E-state index is 6.17. The first-order chi connectivity index (χ1) is 7.76. The molecular weight excluding hydrogens is 220 g/mol. The van der Waals surface area contributed by atoms with Crippen molar-refractivity contribution in [1.29, 1.82) is 0 Å². The molecule has 84 valence electrons. The number of benzene rings is 1. The van der Waals surface area contributed by atoms with Gasteiger partial charge < -0.3 is 5.32 Å². The Labute approximate surface area is 101 Å². The van der Waals surface area contributed by atoms with E-state index in [2.05, 4.69) is 30.2 Å². The second kappa shape index (κ2) is 4.71. The number of aromatic nitrogens is 1. The molecule has 0 aliphatic heterocycles. The summed E-state index contributed by atoms with van der Waals surface area (Å²) in [5.74, 6) is 0. The predicted octanol–water partition coefficient (Wildman–Crippen LogP) is 3.88. The average molecular weight is 235 g/mol. The van der Waals surface area contributed by atoms with Gasteiger partial charge in [-0.2, -0.15) is 0 Å². The molecule has 0 spiro atoms. The molecule has 3 heteroatoms. The second-order valence-corrected chi connectivity index (χ2v) is 4.09. The van der Waals surface area contributed by atoms with Crippen molar-refractivity contribution in [2.75, 3.05) is 11.9 Å². The zero-order chi connectivity index (χ0) is 11.5. The number of hydrogen-bond acceptors (Lipinski definition) is 2. The number of pyridine rings is 1. The topological polar surface area (TPSA) is 24.9 Å². The van der Waals surface area contributed by atoms with E-state index in [1.54, 1.807) is 0 Å². The minimum Gasteiger partial charge on any atom is -0.385 e. The van der Waals surface area contributed by atoms with Crippen molar-refractivity contribution in [3.63, 3.8) is 0 Å². The van der Waals surface area contributed by atoms with Crippen LogP contribution in [0, 0.1) is 0 Å². The number of halogens is 1. The highest BCUT2D eigenvalue weighted by molar-refractivity contribution is 6.35. The maximum Gasteiger partial charge on any atom is 0.0912 e. The fourth-order valence-electron chi connectivity index (χ4n) is 1.78. The van der Waals surface area contributed by atoms with E-state index in [1.807, 2.05) is 18.2 Å². The highest BCUT2D eigenvalue weighted by Gasteiger charge is 2.06. The van der Waals surface area contributed by atoms with Crippen LogP contribution >= 0.6 is 11.6 Å². The molecule has 2 nitrogen and oxygen atoms in total. The van der Waals surface area contributed by atoms with E-state index >= 15 is 0 Å². The zero-order valence-corrected chi connectivity index (χ0v) is 10.3. The van der Waals surface area contributed by atoms with Crippen LogP contribution in [0.15, 0.2) is 24.3 Å². The third-order valence-corrected chi connectivity index (χ3v) is 2.88. The molecule has 0 saturated heterocycles. The Balaban J connectivity index is 2.71. The van der Waals surface area contributed by atoms with Gasteiger partial charge in [0.1, 0.15) is 0 Å². The monoisotopic (exact) mass is 234 g/mol. The number of nitrogens with zero attached hydrogens (tertiary/aromatic N) is 1. The number of rotatable bonds is 3. The van der Waals surface area contributed by atoms with Crippen molar-refractivity contribution in [2.45, 2.75) is 20.3 Å². The lowest BCUT2D eigenvalue weighted by atomic mass is 10.1. The zero-order valence-electron chi connectivity index (χ0n) is 9.55. The Morgan fingerprint density at radius 3 is 2.81 bits per heavy atom. The average Bonchev–Trinajstić information content (AvgIpc) is 2.30. The molecule has 0 unspecified atom stereocenters. The lowest BCUT2D eigenvalue weighted by molar-refractivity contribution is 1.05. The standard InChI is InChI=1S/C13H15ClN2/c1-3-9-8-12(15-4-2)10-6-5-7-11(14)13(10)16-9/h5-8H,3-4H2,1-2H3,(H,15,16). The second-order valence-electron chi connectivity index (χ2n) is 3.68. The summed E-state index contributed by atoms with van der Waals surface area (Å²) in [6, 6.07) is 7.98. The largest absolute Gasteiger partial charge is 0.385 e. The van der Waals surface area contributed by atoms with Crippen LogP contribution in [0.25, 0.3) is 10.9 Å². The molecule has 2 aromatic rings. The van der Waals surface area contributed by atoms with Gasteiger partial charge in [0.05, 0.1) is 10.5 Å². The van der Waals surface area contributed by atoms with Gasteiger partial charge in [-0.25, -0.2) is 0 Å². The molecule has 0 bridgehead atoms. The number of nitrogens with one attached hydrogen (secondary N) is 1. The van der Waals surface area contributed by atoms with Crippen LogP contribution in [0.4, 0.5) is 5.69 Å². The first-order valence-corrected chi connectivity index (χ1v) is 5.96. The summed E-state index contributed by atoms with van der Waals surface area (Å²) in [6.07, 6.45) is 0.916. The van der Waals surface area contributed by atoms with E-state index in [0.717, 1.165) is 35.2 Å². The van der Waals surface area contributed by atoms with Crippen LogP contribution in [0.3, 0.4) is 0 Å². The molecule has 0 saturated carbocycles. The normalized spacial score (nSPS) is 10.7. The molecule has 0 atom stereocenters. The Bertz CT molecular complexity index is 509. The van der Waals surface area contributed by atoms with Crippen LogP contribution in [0.2, 0.25) is 5.02 Å². The minimum atomic E-state index is 0.715. The molecule has 1 aromatic carbocycles. The molecule has 1 N–H and O–H groups in total. The van der Waals surface area contributed by atoms with Crippen molar-refractivity contribution in [1.82, 2.24) is 4.98 Å². The number of para-hydroxylation sites is 1. The third-order valence-electron chi connectivity index (χ3n) is 2.57. The highest BCUT2D eigenvalue weighted by atomic mass is 35.5. The van der Waals surface area contributed by atoms with E-state index in [0.29, 0.717) is 5.02 Å². The first kappa shape index (κ1) is 11.2. The Morgan fingerprint density at radius 2 is 2.12 bits per heavy atom. The molecule has 0 radical (unpaired) electrons. The van der Waals surface area contributed by atoms with Gasteiger partial charge >= 0.3 is 0 Å². The van der Waals surface area contributed by atoms with Crippen molar-refractivity contribution in [3.05, 3.63) is 35.0 Å². The third kappa shape index (κ3) is 1.98. The smallest absolute Gasteiger partial charge is 0.0912 e. The van der Waals surface area contributed by atoms with Crippen LogP contribution in [-0.4, -0.2) is 11.5 Å². The van der Waals surface area contributed by atoms with Gasteiger partial charge in [0.25, 0.3) is 0 Å². The van der Waals surface area contributed by atoms with Crippen molar-refractivity contribution >= 4 is 28.2 Å². The predicted molar refractivity (Wildman–Crippen MR) is 70.3 cm³/mol.